The van der Waals surface area contributed by atoms with Crippen LogP contribution in [0.15, 0.2) is 74.7 Å². The first-order valence-electron chi connectivity index (χ1n) is 16.4. The Morgan fingerprint density at radius 2 is 1.45 bits per heavy atom. The molecule has 2 aromatic carbocycles. The van der Waals surface area contributed by atoms with Gasteiger partial charge in [-0.1, -0.05) is 33.4 Å². The molecule has 0 saturated carbocycles. The van der Waals surface area contributed by atoms with Crippen LogP contribution in [-0.4, -0.2) is 67.4 Å². The third-order valence-corrected chi connectivity index (χ3v) is 7.63. The van der Waals surface area contributed by atoms with Crippen molar-refractivity contribution >= 4 is 39.8 Å². The fourth-order valence-corrected chi connectivity index (χ4v) is 4.77. The molecule has 3 aromatic rings. The molecule has 0 fully saturated rings. The Balaban J connectivity index is 0.00000124. The largest absolute Gasteiger partial charge is 0.498 e. The number of fused-ring (bicyclic) bond motifs is 1. The predicted octanol–water partition coefficient (Wildman–Crippen LogP) is 7.87. The summed E-state index contributed by atoms with van der Waals surface area (Å²) in [5, 5.41) is -0.393. The number of aldehydes is 1. The number of allylic oxidation sites excluding steroid dienone is 6. The van der Waals surface area contributed by atoms with Gasteiger partial charge < -0.3 is 48.0 Å². The van der Waals surface area contributed by atoms with Crippen LogP contribution in [0, 0.1) is 0 Å². The molecule has 0 spiro atoms. The number of methoxy groups -OCH3 is 6. The monoisotopic (exact) mass is 757 g/mol. The van der Waals surface area contributed by atoms with Gasteiger partial charge in [0.2, 0.25) is 16.9 Å². The summed E-state index contributed by atoms with van der Waals surface area (Å²) < 4.78 is 51.1. The van der Waals surface area contributed by atoms with Crippen molar-refractivity contribution in [2.24, 2.45) is 5.73 Å². The number of nitrogens with two attached hydrogens (primary N) is 1. The van der Waals surface area contributed by atoms with Gasteiger partial charge in [-0.2, -0.15) is 0 Å². The highest BCUT2D eigenvalue weighted by molar-refractivity contribution is 8.17. The molecule has 14 heteroatoms. The van der Waals surface area contributed by atoms with E-state index < -0.39 is 10.7 Å². The van der Waals surface area contributed by atoms with Crippen LogP contribution in [0.25, 0.3) is 16.5 Å². The van der Waals surface area contributed by atoms with E-state index in [9.17, 15) is 14.4 Å². The van der Waals surface area contributed by atoms with Gasteiger partial charge in [-0.25, -0.2) is 0 Å². The number of thioether (sulfide) groups is 1. The molecule has 0 bridgehead atoms. The molecule has 290 valence electrons. The van der Waals surface area contributed by atoms with E-state index in [1.807, 2.05) is 39.8 Å². The fourth-order valence-electron chi connectivity index (χ4n) is 4.46. The number of rotatable bonds is 17. The maximum atomic E-state index is 13.9. The van der Waals surface area contributed by atoms with Gasteiger partial charge in [0.15, 0.2) is 29.3 Å². The molecule has 1 aromatic heterocycles. The molecule has 2 N–H and O–H groups in total. The summed E-state index contributed by atoms with van der Waals surface area (Å²) in [4.78, 5) is 33.7. The van der Waals surface area contributed by atoms with Gasteiger partial charge in [-0.15, -0.1) is 0 Å². The van der Waals surface area contributed by atoms with Crippen molar-refractivity contribution in [1.82, 2.24) is 0 Å². The van der Waals surface area contributed by atoms with E-state index in [1.165, 1.54) is 14.2 Å². The van der Waals surface area contributed by atoms with Gasteiger partial charge in [-0.05, 0) is 61.9 Å². The normalized spacial score (nSPS) is 11.2. The van der Waals surface area contributed by atoms with Crippen LogP contribution >= 0.6 is 11.8 Å². The van der Waals surface area contributed by atoms with Gasteiger partial charge in [0.25, 0.3) is 5.24 Å². The van der Waals surface area contributed by atoms with E-state index in [0.29, 0.717) is 63.9 Å². The number of carbonyl (C=O) groups is 2. The highest BCUT2D eigenvalue weighted by Gasteiger charge is 2.22. The molecule has 0 radical (unpaired) electrons. The van der Waals surface area contributed by atoms with Crippen LogP contribution in [0.2, 0.25) is 0 Å². The molecule has 0 aliphatic carbocycles. The number of carbonyl (C=O) groups excluding carboxylic acids is 2. The molecular formula is C39H51NO12S. The summed E-state index contributed by atoms with van der Waals surface area (Å²) >= 11 is 0.631. The molecule has 0 aliphatic heterocycles. The SMILES string of the molecule is C=C(C=O)SC(N)=O.CC.C\C=C(/C=C\C(OC)=C(/C)OC)c1oc2cc(OC)cc(OC)c2c(=O)c1OCCOc1c(OC)cc(CC)cc1OC. The Morgan fingerprint density at radius 3 is 1.89 bits per heavy atom. The van der Waals surface area contributed by atoms with Crippen molar-refractivity contribution in [3.05, 3.63) is 87.0 Å². The molecule has 0 atom stereocenters. The average Bonchev–Trinajstić information content (AvgIpc) is 3.18. The molecule has 3 rings (SSSR count). The van der Waals surface area contributed by atoms with Gasteiger partial charge in [0.1, 0.15) is 41.4 Å². The lowest BCUT2D eigenvalue weighted by Crippen LogP contribution is -2.17. The third kappa shape index (κ3) is 12.9. The summed E-state index contributed by atoms with van der Waals surface area (Å²) in [6, 6.07) is 7.03. The van der Waals surface area contributed by atoms with Gasteiger partial charge in [-0.3, -0.25) is 14.4 Å². The lowest BCUT2D eigenvalue weighted by molar-refractivity contribution is -0.104. The Kier molecular flexibility index (Phi) is 20.5. The molecule has 53 heavy (non-hydrogen) atoms. The number of aryl methyl sites for hydroxylation is 1. The minimum atomic E-state index is -0.609. The Morgan fingerprint density at radius 1 is 0.868 bits per heavy atom. The zero-order valence-corrected chi connectivity index (χ0v) is 33.1. The minimum Gasteiger partial charge on any atom is -0.498 e. The zero-order chi connectivity index (χ0) is 40.1. The summed E-state index contributed by atoms with van der Waals surface area (Å²) in [7, 11) is 9.22. The molecule has 13 nitrogen and oxygen atoms in total. The smallest absolute Gasteiger partial charge is 0.281 e. The minimum absolute atomic E-state index is 0.0102. The summed E-state index contributed by atoms with van der Waals surface area (Å²) in [5.74, 6) is 3.55. The predicted molar refractivity (Wildman–Crippen MR) is 209 cm³/mol. The van der Waals surface area contributed by atoms with Crippen LogP contribution in [0.5, 0.6) is 34.5 Å². The fraction of sp³-hybridized carbons (Fsp3) is 0.359. The standard InChI is InChI=1S/C33H40O10.C4H5NO2S.C2H6/c1-10-21-16-27(39-8)32(28(17-21)40-9)41-14-15-42-33-30(34)29-25(38-7)18-23(36-5)19-26(29)43-31(33)22(11-2)12-13-24(37-6)20(3)35-4;1-3(2-6)8-4(5)7;1-2/h11-13,16-19H,10,14-15H2,1-9H3;2H,1H2,(H2,5,7);1-2H3/b13-12-,22-11+,24-20-;;. The number of primary amides is 1. The van der Waals surface area contributed by atoms with Crippen LogP contribution in [0.3, 0.4) is 0 Å². The van der Waals surface area contributed by atoms with E-state index in [1.54, 1.807) is 65.7 Å². The van der Waals surface area contributed by atoms with Crippen molar-refractivity contribution in [3.8, 4) is 34.5 Å². The number of hydrogen-bond donors (Lipinski definition) is 1. The van der Waals surface area contributed by atoms with Crippen LogP contribution < -0.4 is 39.6 Å². The maximum absolute atomic E-state index is 13.9. The number of amides is 1. The Hall–Kier alpha value is -5.50. The third-order valence-electron chi connectivity index (χ3n) is 7.08. The second kappa shape index (κ2) is 23.9. The van der Waals surface area contributed by atoms with Crippen molar-refractivity contribution in [1.29, 1.82) is 0 Å². The highest BCUT2D eigenvalue weighted by Crippen LogP contribution is 2.39. The Labute approximate surface area is 315 Å². The number of hydrogen-bond acceptors (Lipinski definition) is 13. The van der Waals surface area contributed by atoms with Crippen LogP contribution in [-0.2, 0) is 20.7 Å². The quantitative estimate of drug-likeness (QED) is 0.0466. The first kappa shape index (κ1) is 45.5. The summed E-state index contributed by atoms with van der Waals surface area (Å²) in [5.41, 5.74) is 6.14. The van der Waals surface area contributed by atoms with E-state index in [0.717, 1.165) is 12.0 Å². The molecule has 1 amide bonds. The zero-order valence-electron chi connectivity index (χ0n) is 32.3. The van der Waals surface area contributed by atoms with Crippen molar-refractivity contribution in [2.45, 2.75) is 41.0 Å². The summed E-state index contributed by atoms with van der Waals surface area (Å²) in [6.45, 7) is 12.9. The van der Waals surface area contributed by atoms with E-state index in [2.05, 4.69) is 12.3 Å². The first-order valence-corrected chi connectivity index (χ1v) is 17.3. The highest BCUT2D eigenvalue weighted by atomic mass is 32.2. The molecule has 0 unspecified atom stereocenters. The summed E-state index contributed by atoms with van der Waals surface area (Å²) in [6.07, 6.45) is 6.55. The van der Waals surface area contributed by atoms with Crippen molar-refractivity contribution in [3.63, 3.8) is 0 Å². The topological polar surface area (TPSA) is 164 Å². The van der Waals surface area contributed by atoms with Crippen molar-refractivity contribution in [2.75, 3.05) is 55.9 Å². The lowest BCUT2D eigenvalue weighted by Gasteiger charge is -2.17. The van der Waals surface area contributed by atoms with E-state index >= 15 is 0 Å². The molecule has 0 aliphatic rings. The van der Waals surface area contributed by atoms with Crippen LogP contribution in [0.4, 0.5) is 4.79 Å². The number of benzene rings is 2. The lowest BCUT2D eigenvalue weighted by atomic mass is 10.1. The second-order valence-corrected chi connectivity index (χ2v) is 11.2. The van der Waals surface area contributed by atoms with Gasteiger partial charge in [0.05, 0.1) is 42.7 Å². The molecule has 1 heterocycles. The average molecular weight is 758 g/mol. The van der Waals surface area contributed by atoms with E-state index in [-0.39, 0.29) is 40.6 Å². The molecule has 0 saturated heterocycles. The van der Waals surface area contributed by atoms with Crippen LogP contribution in [0.1, 0.15) is 45.9 Å². The number of ether oxygens (including phenoxy) is 8. The van der Waals surface area contributed by atoms with E-state index in [4.69, 9.17) is 42.3 Å². The first-order chi connectivity index (χ1) is 25.5. The van der Waals surface area contributed by atoms with Gasteiger partial charge >= 0.3 is 0 Å². The molecular weight excluding hydrogens is 706 g/mol. The maximum Gasteiger partial charge on any atom is 0.281 e. The Bertz CT molecular complexity index is 1820. The van der Waals surface area contributed by atoms with Gasteiger partial charge in [0, 0.05) is 22.6 Å². The second-order valence-electron chi connectivity index (χ2n) is 10.1. The van der Waals surface area contributed by atoms with Crippen molar-refractivity contribution < 1.29 is 51.9 Å².